The topological polar surface area (TPSA) is 55.4 Å². The summed E-state index contributed by atoms with van der Waals surface area (Å²) in [6.07, 6.45) is 0. The normalized spacial score (nSPS) is 10.1. The van der Waals surface area contributed by atoms with Crippen molar-refractivity contribution >= 4 is 45.1 Å². The van der Waals surface area contributed by atoms with Crippen molar-refractivity contribution in [2.75, 3.05) is 11.9 Å². The molecule has 0 aliphatic carbocycles. The molecule has 1 N–H and O–H groups in total. The Morgan fingerprint density at radius 3 is 2.50 bits per heavy atom. The highest BCUT2D eigenvalue weighted by Crippen LogP contribution is 2.25. The van der Waals surface area contributed by atoms with Gasteiger partial charge in [0.2, 0.25) is 0 Å². The van der Waals surface area contributed by atoms with Crippen LogP contribution in [-0.4, -0.2) is 18.5 Å². The number of carbonyl (C=O) groups is 2. The number of amides is 1. The molecule has 2 rings (SSSR count). The van der Waals surface area contributed by atoms with Crippen molar-refractivity contribution in [3.05, 3.63) is 63.1 Å². The van der Waals surface area contributed by atoms with Crippen LogP contribution in [0.25, 0.3) is 0 Å². The number of halogens is 2. The quantitative estimate of drug-likeness (QED) is 0.806. The van der Waals surface area contributed by atoms with Crippen LogP contribution in [0.1, 0.15) is 15.9 Å². The molecule has 2 aromatic carbocycles. The second-order valence-corrected chi connectivity index (χ2v) is 5.88. The molecule has 0 aliphatic heterocycles. The van der Waals surface area contributed by atoms with Crippen LogP contribution in [0.15, 0.2) is 46.9 Å². The molecule has 0 aliphatic rings. The lowest BCUT2D eigenvalue weighted by atomic mass is 10.1. The Hall–Kier alpha value is -1.85. The van der Waals surface area contributed by atoms with E-state index in [1.165, 1.54) is 0 Å². The Bertz CT molecular complexity index is 701. The van der Waals surface area contributed by atoms with E-state index in [2.05, 4.69) is 21.2 Å². The Labute approximate surface area is 141 Å². The Morgan fingerprint density at radius 1 is 1.18 bits per heavy atom. The molecule has 22 heavy (non-hydrogen) atoms. The summed E-state index contributed by atoms with van der Waals surface area (Å²) in [4.78, 5) is 23.5. The lowest BCUT2D eigenvalue weighted by Gasteiger charge is -2.07. The summed E-state index contributed by atoms with van der Waals surface area (Å²) in [6.45, 7) is 1.56. The molecule has 0 heterocycles. The van der Waals surface area contributed by atoms with E-state index in [0.29, 0.717) is 16.3 Å². The van der Waals surface area contributed by atoms with E-state index in [0.717, 1.165) is 10.0 Å². The van der Waals surface area contributed by atoms with E-state index in [4.69, 9.17) is 16.3 Å². The number of ether oxygens (including phenoxy) is 1. The van der Waals surface area contributed by atoms with Crippen molar-refractivity contribution in [2.24, 2.45) is 0 Å². The van der Waals surface area contributed by atoms with E-state index in [1.54, 1.807) is 42.5 Å². The molecule has 0 atom stereocenters. The highest BCUT2D eigenvalue weighted by atomic mass is 79.9. The molecule has 0 spiro atoms. The third-order valence-electron chi connectivity index (χ3n) is 2.82. The van der Waals surface area contributed by atoms with Gasteiger partial charge >= 0.3 is 5.97 Å². The predicted molar refractivity (Wildman–Crippen MR) is 89.2 cm³/mol. The maximum absolute atomic E-state index is 11.8. The first-order valence-electron chi connectivity index (χ1n) is 6.44. The van der Waals surface area contributed by atoms with E-state index in [-0.39, 0.29) is 6.61 Å². The van der Waals surface area contributed by atoms with Gasteiger partial charge in [0.25, 0.3) is 5.91 Å². The number of anilines is 1. The first-order valence-corrected chi connectivity index (χ1v) is 7.61. The minimum absolute atomic E-state index is 0.361. The average molecular weight is 383 g/mol. The first-order chi connectivity index (χ1) is 10.5. The monoisotopic (exact) mass is 381 g/mol. The fraction of sp³-hybridized carbons (Fsp3) is 0.125. The Morgan fingerprint density at radius 2 is 1.86 bits per heavy atom. The molecule has 0 saturated heterocycles. The SMILES string of the molecule is Cc1ccc(C(=O)OCC(=O)Nc2ccc(Br)c(Cl)c2)cc1. The summed E-state index contributed by atoms with van der Waals surface area (Å²) in [7, 11) is 0. The summed E-state index contributed by atoms with van der Waals surface area (Å²) in [5.74, 6) is -0.970. The van der Waals surface area contributed by atoms with Gasteiger partial charge in [0.15, 0.2) is 6.61 Å². The smallest absolute Gasteiger partial charge is 0.338 e. The Balaban J connectivity index is 1.88. The van der Waals surface area contributed by atoms with Crippen molar-refractivity contribution < 1.29 is 14.3 Å². The molecule has 2 aromatic rings. The minimum atomic E-state index is -0.538. The summed E-state index contributed by atoms with van der Waals surface area (Å²) < 4.78 is 5.70. The van der Waals surface area contributed by atoms with Gasteiger partial charge < -0.3 is 10.1 Å². The second-order valence-electron chi connectivity index (χ2n) is 4.62. The van der Waals surface area contributed by atoms with Crippen molar-refractivity contribution in [1.82, 2.24) is 0 Å². The fourth-order valence-corrected chi connectivity index (χ4v) is 2.10. The molecular weight excluding hydrogens is 370 g/mol. The van der Waals surface area contributed by atoms with Gasteiger partial charge in [0, 0.05) is 10.2 Å². The van der Waals surface area contributed by atoms with Crippen LogP contribution >= 0.6 is 27.5 Å². The summed E-state index contributed by atoms with van der Waals surface area (Å²) >= 11 is 9.20. The number of nitrogens with one attached hydrogen (secondary N) is 1. The maximum Gasteiger partial charge on any atom is 0.338 e. The molecule has 0 aromatic heterocycles. The van der Waals surface area contributed by atoms with Crippen LogP contribution in [0.2, 0.25) is 5.02 Å². The van der Waals surface area contributed by atoms with Gasteiger partial charge in [0.05, 0.1) is 10.6 Å². The molecule has 0 radical (unpaired) electrons. The lowest BCUT2D eigenvalue weighted by molar-refractivity contribution is -0.119. The van der Waals surface area contributed by atoms with E-state index in [1.807, 2.05) is 6.92 Å². The summed E-state index contributed by atoms with van der Waals surface area (Å²) in [5, 5.41) is 3.09. The van der Waals surface area contributed by atoms with Gasteiger partial charge in [0.1, 0.15) is 0 Å². The zero-order chi connectivity index (χ0) is 16.1. The second kappa shape index (κ2) is 7.42. The van der Waals surface area contributed by atoms with Gasteiger partial charge in [-0.2, -0.15) is 0 Å². The molecule has 114 valence electrons. The molecular formula is C16H13BrClNO3. The minimum Gasteiger partial charge on any atom is -0.452 e. The van der Waals surface area contributed by atoms with Crippen molar-refractivity contribution in [3.8, 4) is 0 Å². The van der Waals surface area contributed by atoms with E-state index >= 15 is 0 Å². The van der Waals surface area contributed by atoms with Crippen LogP contribution in [-0.2, 0) is 9.53 Å². The van der Waals surface area contributed by atoms with E-state index < -0.39 is 11.9 Å². The highest BCUT2D eigenvalue weighted by Gasteiger charge is 2.10. The van der Waals surface area contributed by atoms with Crippen LogP contribution < -0.4 is 5.32 Å². The van der Waals surface area contributed by atoms with Crippen molar-refractivity contribution in [3.63, 3.8) is 0 Å². The lowest BCUT2D eigenvalue weighted by Crippen LogP contribution is -2.20. The first kappa shape index (κ1) is 16.5. The predicted octanol–water partition coefficient (Wildman–Crippen LogP) is 4.21. The van der Waals surface area contributed by atoms with Crippen LogP contribution in [0.5, 0.6) is 0 Å². The third kappa shape index (κ3) is 4.58. The number of benzene rings is 2. The zero-order valence-electron chi connectivity index (χ0n) is 11.7. The number of esters is 1. The number of hydrogen-bond acceptors (Lipinski definition) is 3. The van der Waals surface area contributed by atoms with Crippen molar-refractivity contribution in [2.45, 2.75) is 6.92 Å². The molecule has 0 saturated carbocycles. The van der Waals surface area contributed by atoms with Gasteiger partial charge in [-0.05, 0) is 53.2 Å². The Kier molecular flexibility index (Phi) is 5.57. The average Bonchev–Trinajstić information content (AvgIpc) is 2.49. The van der Waals surface area contributed by atoms with Crippen molar-refractivity contribution in [1.29, 1.82) is 0 Å². The maximum atomic E-state index is 11.8. The number of aryl methyl sites for hydroxylation is 1. The summed E-state index contributed by atoms with van der Waals surface area (Å²) in [5.41, 5.74) is 1.98. The molecule has 0 bridgehead atoms. The number of carbonyl (C=O) groups excluding carboxylic acids is 2. The van der Waals surface area contributed by atoms with Crippen LogP contribution in [0.3, 0.4) is 0 Å². The molecule has 4 nitrogen and oxygen atoms in total. The van der Waals surface area contributed by atoms with Gasteiger partial charge in [-0.1, -0.05) is 29.3 Å². The molecule has 1 amide bonds. The molecule has 0 unspecified atom stereocenters. The largest absolute Gasteiger partial charge is 0.452 e. The third-order valence-corrected chi connectivity index (χ3v) is 4.06. The zero-order valence-corrected chi connectivity index (χ0v) is 14.1. The van der Waals surface area contributed by atoms with E-state index in [9.17, 15) is 9.59 Å². The molecule has 6 heteroatoms. The number of rotatable bonds is 4. The van der Waals surface area contributed by atoms with Crippen LogP contribution in [0, 0.1) is 6.92 Å². The molecule has 0 fully saturated rings. The van der Waals surface area contributed by atoms with Gasteiger partial charge in [-0.3, -0.25) is 4.79 Å². The van der Waals surface area contributed by atoms with Crippen LogP contribution in [0.4, 0.5) is 5.69 Å². The summed E-state index contributed by atoms with van der Waals surface area (Å²) in [6, 6.07) is 11.9. The standard InChI is InChI=1S/C16H13BrClNO3/c1-10-2-4-11(5-3-10)16(21)22-9-15(20)19-12-6-7-13(17)14(18)8-12/h2-8H,9H2,1H3,(H,19,20). The number of hydrogen-bond donors (Lipinski definition) is 1. The fourth-order valence-electron chi connectivity index (χ4n) is 1.68. The highest BCUT2D eigenvalue weighted by molar-refractivity contribution is 9.10. The van der Waals surface area contributed by atoms with Gasteiger partial charge in [-0.25, -0.2) is 4.79 Å². The van der Waals surface area contributed by atoms with Gasteiger partial charge in [-0.15, -0.1) is 0 Å².